The van der Waals surface area contributed by atoms with E-state index >= 15 is 0 Å². The Morgan fingerprint density at radius 2 is 1.93 bits per heavy atom. The SMILES string of the molecule is CCc1nn(C)c(-c2ccccc2)c1Br. The summed E-state index contributed by atoms with van der Waals surface area (Å²) in [6.45, 7) is 2.11. The minimum Gasteiger partial charge on any atom is -0.266 e. The second-order valence-corrected chi connectivity index (χ2v) is 4.25. The molecule has 78 valence electrons. The van der Waals surface area contributed by atoms with Crippen molar-refractivity contribution in [2.45, 2.75) is 13.3 Å². The van der Waals surface area contributed by atoms with E-state index in [4.69, 9.17) is 0 Å². The number of halogens is 1. The van der Waals surface area contributed by atoms with Gasteiger partial charge in [0.15, 0.2) is 0 Å². The zero-order valence-electron chi connectivity index (χ0n) is 8.87. The number of hydrogen-bond acceptors (Lipinski definition) is 1. The van der Waals surface area contributed by atoms with E-state index in [1.54, 1.807) is 0 Å². The molecule has 0 saturated heterocycles. The first-order chi connectivity index (χ1) is 7.24. The highest BCUT2D eigenvalue weighted by molar-refractivity contribution is 9.10. The van der Waals surface area contributed by atoms with Crippen molar-refractivity contribution in [2.75, 3.05) is 0 Å². The van der Waals surface area contributed by atoms with Crippen molar-refractivity contribution in [3.63, 3.8) is 0 Å². The molecule has 0 aliphatic heterocycles. The van der Waals surface area contributed by atoms with Crippen LogP contribution in [-0.4, -0.2) is 9.78 Å². The van der Waals surface area contributed by atoms with Crippen LogP contribution in [-0.2, 0) is 13.5 Å². The van der Waals surface area contributed by atoms with Crippen molar-refractivity contribution in [3.05, 3.63) is 40.5 Å². The zero-order chi connectivity index (χ0) is 10.8. The number of rotatable bonds is 2. The monoisotopic (exact) mass is 264 g/mol. The number of benzene rings is 1. The third-order valence-corrected chi connectivity index (χ3v) is 3.27. The van der Waals surface area contributed by atoms with Crippen molar-refractivity contribution in [2.24, 2.45) is 7.05 Å². The molecule has 3 heteroatoms. The molecule has 0 N–H and O–H groups in total. The Bertz CT molecular complexity index is 460. The molecule has 0 amide bonds. The van der Waals surface area contributed by atoms with Crippen molar-refractivity contribution in [1.29, 1.82) is 0 Å². The first kappa shape index (κ1) is 10.4. The highest BCUT2D eigenvalue weighted by atomic mass is 79.9. The minimum atomic E-state index is 0.946. The van der Waals surface area contributed by atoms with Gasteiger partial charge < -0.3 is 0 Å². The molecule has 0 aliphatic carbocycles. The molecule has 0 spiro atoms. The Hall–Kier alpha value is -1.09. The molecule has 2 nitrogen and oxygen atoms in total. The normalized spacial score (nSPS) is 10.6. The van der Waals surface area contributed by atoms with Crippen LogP contribution in [0.2, 0.25) is 0 Å². The van der Waals surface area contributed by atoms with Crippen LogP contribution in [0, 0.1) is 0 Å². The number of nitrogens with zero attached hydrogens (tertiary/aromatic N) is 2. The highest BCUT2D eigenvalue weighted by Crippen LogP contribution is 2.30. The third kappa shape index (κ3) is 1.84. The lowest BCUT2D eigenvalue weighted by Crippen LogP contribution is -1.94. The lowest BCUT2D eigenvalue weighted by atomic mass is 10.1. The molecular formula is C12H13BrN2. The minimum absolute atomic E-state index is 0.946. The van der Waals surface area contributed by atoms with Gasteiger partial charge in [0, 0.05) is 12.6 Å². The van der Waals surface area contributed by atoms with E-state index in [9.17, 15) is 0 Å². The Labute approximate surface area is 98.1 Å². The summed E-state index contributed by atoms with van der Waals surface area (Å²) in [5.74, 6) is 0. The van der Waals surface area contributed by atoms with E-state index in [0.29, 0.717) is 0 Å². The number of hydrogen-bond donors (Lipinski definition) is 0. The van der Waals surface area contributed by atoms with Gasteiger partial charge in [0.1, 0.15) is 0 Å². The molecule has 0 unspecified atom stereocenters. The summed E-state index contributed by atoms with van der Waals surface area (Å²) in [5.41, 5.74) is 3.45. The maximum Gasteiger partial charge on any atom is 0.0824 e. The van der Waals surface area contributed by atoms with Gasteiger partial charge in [-0.15, -0.1) is 0 Å². The Kier molecular flexibility index (Phi) is 2.91. The van der Waals surface area contributed by atoms with E-state index in [2.05, 4.69) is 40.1 Å². The van der Waals surface area contributed by atoms with Crippen LogP contribution in [0.1, 0.15) is 12.6 Å². The summed E-state index contributed by atoms with van der Waals surface area (Å²) in [6, 6.07) is 10.3. The van der Waals surface area contributed by atoms with Gasteiger partial charge >= 0.3 is 0 Å². The van der Waals surface area contributed by atoms with Crippen LogP contribution in [0.5, 0.6) is 0 Å². The number of aryl methyl sites for hydroxylation is 2. The van der Waals surface area contributed by atoms with Crippen molar-refractivity contribution in [3.8, 4) is 11.3 Å². The third-order valence-electron chi connectivity index (χ3n) is 2.44. The zero-order valence-corrected chi connectivity index (χ0v) is 10.5. The van der Waals surface area contributed by atoms with Crippen LogP contribution in [0.4, 0.5) is 0 Å². The summed E-state index contributed by atoms with van der Waals surface area (Å²) in [7, 11) is 1.98. The molecule has 15 heavy (non-hydrogen) atoms. The topological polar surface area (TPSA) is 17.8 Å². The maximum absolute atomic E-state index is 4.47. The smallest absolute Gasteiger partial charge is 0.0824 e. The maximum atomic E-state index is 4.47. The van der Waals surface area contributed by atoms with E-state index in [1.165, 1.54) is 5.56 Å². The fourth-order valence-electron chi connectivity index (χ4n) is 1.69. The summed E-state index contributed by atoms with van der Waals surface area (Å²) >= 11 is 3.62. The molecule has 0 saturated carbocycles. The molecule has 2 rings (SSSR count). The van der Waals surface area contributed by atoms with E-state index in [-0.39, 0.29) is 0 Å². The van der Waals surface area contributed by atoms with Gasteiger partial charge in [-0.1, -0.05) is 37.3 Å². The van der Waals surface area contributed by atoms with Crippen LogP contribution in [0.15, 0.2) is 34.8 Å². The largest absolute Gasteiger partial charge is 0.266 e. The van der Waals surface area contributed by atoms with Gasteiger partial charge in [0.2, 0.25) is 0 Å². The van der Waals surface area contributed by atoms with Crippen LogP contribution in [0.3, 0.4) is 0 Å². The van der Waals surface area contributed by atoms with Gasteiger partial charge in [-0.05, 0) is 22.4 Å². The molecule has 0 fully saturated rings. The molecule has 0 atom stereocenters. The van der Waals surface area contributed by atoms with Crippen molar-refractivity contribution >= 4 is 15.9 Å². The molecule has 0 radical (unpaired) electrons. The van der Waals surface area contributed by atoms with Crippen molar-refractivity contribution in [1.82, 2.24) is 9.78 Å². The van der Waals surface area contributed by atoms with Gasteiger partial charge in [0.05, 0.1) is 15.9 Å². The lowest BCUT2D eigenvalue weighted by Gasteiger charge is -2.02. The summed E-state index contributed by atoms with van der Waals surface area (Å²) in [5, 5.41) is 4.47. The quantitative estimate of drug-likeness (QED) is 0.813. The molecule has 2 aromatic rings. The summed E-state index contributed by atoms with van der Waals surface area (Å²) in [6.07, 6.45) is 0.946. The van der Waals surface area contributed by atoms with Crippen LogP contribution < -0.4 is 0 Å². The molecule has 0 aliphatic rings. The molecule has 1 aromatic carbocycles. The second-order valence-electron chi connectivity index (χ2n) is 3.45. The summed E-state index contributed by atoms with van der Waals surface area (Å²) < 4.78 is 3.04. The fourth-order valence-corrected chi connectivity index (χ4v) is 2.53. The summed E-state index contributed by atoms with van der Waals surface area (Å²) in [4.78, 5) is 0. The van der Waals surface area contributed by atoms with Crippen LogP contribution >= 0.6 is 15.9 Å². The fraction of sp³-hybridized carbons (Fsp3) is 0.250. The van der Waals surface area contributed by atoms with E-state index < -0.39 is 0 Å². The highest BCUT2D eigenvalue weighted by Gasteiger charge is 2.13. The number of aromatic nitrogens is 2. The second kappa shape index (κ2) is 4.19. The van der Waals surface area contributed by atoms with Gasteiger partial charge in [-0.3, -0.25) is 4.68 Å². The first-order valence-electron chi connectivity index (χ1n) is 5.00. The predicted molar refractivity (Wildman–Crippen MR) is 65.7 cm³/mol. The van der Waals surface area contributed by atoms with Crippen molar-refractivity contribution < 1.29 is 0 Å². The Morgan fingerprint density at radius 3 is 2.47 bits per heavy atom. The first-order valence-corrected chi connectivity index (χ1v) is 5.80. The van der Waals surface area contributed by atoms with Crippen LogP contribution in [0.25, 0.3) is 11.3 Å². The van der Waals surface area contributed by atoms with Gasteiger partial charge in [-0.2, -0.15) is 5.10 Å². The Balaban J connectivity index is 2.58. The van der Waals surface area contributed by atoms with E-state index in [1.807, 2.05) is 29.9 Å². The predicted octanol–water partition coefficient (Wildman–Crippen LogP) is 3.41. The molecule has 1 heterocycles. The lowest BCUT2D eigenvalue weighted by molar-refractivity contribution is 0.753. The average molecular weight is 265 g/mol. The van der Waals surface area contributed by atoms with Gasteiger partial charge in [0.25, 0.3) is 0 Å². The Morgan fingerprint density at radius 1 is 1.27 bits per heavy atom. The molecular weight excluding hydrogens is 252 g/mol. The van der Waals surface area contributed by atoms with Gasteiger partial charge in [-0.25, -0.2) is 0 Å². The molecule has 1 aromatic heterocycles. The average Bonchev–Trinajstić information content (AvgIpc) is 2.55. The van der Waals surface area contributed by atoms with E-state index in [0.717, 1.165) is 22.3 Å². The standard InChI is InChI=1S/C12H13BrN2/c1-3-10-11(13)12(15(2)14-10)9-7-5-4-6-8-9/h4-8H,3H2,1-2H3. The molecule has 0 bridgehead atoms.